The molecule has 0 radical (unpaired) electrons. The first-order valence-electron chi connectivity index (χ1n) is 6.23. The molecule has 1 rings (SSSR count). The predicted octanol–water partition coefficient (Wildman–Crippen LogP) is 2.33. The molecule has 0 spiro atoms. The van der Waals surface area contributed by atoms with Gasteiger partial charge >= 0.3 is 6.01 Å². The van der Waals surface area contributed by atoms with Crippen molar-refractivity contribution in [3.05, 3.63) is 5.89 Å². The van der Waals surface area contributed by atoms with Crippen molar-refractivity contribution in [2.75, 3.05) is 18.8 Å². The highest BCUT2D eigenvalue weighted by molar-refractivity contribution is 5.06. The average molecular weight is 240 g/mol. The molecule has 1 unspecified atom stereocenters. The first kappa shape index (κ1) is 14.0. The zero-order valence-electron chi connectivity index (χ0n) is 11.5. The third-order valence-electron chi connectivity index (χ3n) is 2.56. The van der Waals surface area contributed by atoms with Crippen LogP contribution in [0.4, 0.5) is 6.01 Å². The van der Waals surface area contributed by atoms with Crippen LogP contribution in [0.25, 0.3) is 0 Å². The van der Waals surface area contributed by atoms with E-state index in [0.717, 1.165) is 13.1 Å². The van der Waals surface area contributed by atoms with E-state index in [1.807, 2.05) is 0 Å². The number of rotatable bonds is 6. The van der Waals surface area contributed by atoms with E-state index in [9.17, 15) is 0 Å². The lowest BCUT2D eigenvalue weighted by Gasteiger charge is -2.29. The van der Waals surface area contributed by atoms with Crippen LogP contribution in [0.2, 0.25) is 0 Å². The maximum atomic E-state index is 5.46. The van der Waals surface area contributed by atoms with Crippen molar-refractivity contribution in [1.82, 2.24) is 15.1 Å². The summed E-state index contributed by atoms with van der Waals surface area (Å²) in [6, 6.07) is 0.255. The van der Waals surface area contributed by atoms with E-state index >= 15 is 0 Å². The molecule has 1 aromatic heterocycles. The van der Waals surface area contributed by atoms with Crippen molar-refractivity contribution in [2.24, 2.45) is 11.8 Å². The number of nitrogens with two attached hydrogens (primary N) is 1. The first-order chi connectivity index (χ1) is 7.90. The van der Waals surface area contributed by atoms with Crippen LogP contribution in [-0.4, -0.2) is 28.2 Å². The zero-order valence-corrected chi connectivity index (χ0v) is 11.5. The number of hydrogen-bond donors (Lipinski definition) is 1. The van der Waals surface area contributed by atoms with Crippen LogP contribution in [0.15, 0.2) is 4.42 Å². The smallest absolute Gasteiger partial charge is 0.312 e. The Morgan fingerprint density at radius 3 is 1.94 bits per heavy atom. The molecule has 17 heavy (non-hydrogen) atoms. The van der Waals surface area contributed by atoms with Gasteiger partial charge in [-0.3, -0.25) is 4.90 Å². The lowest BCUT2D eigenvalue weighted by atomic mass is 10.1. The van der Waals surface area contributed by atoms with Crippen LogP contribution < -0.4 is 5.73 Å². The summed E-state index contributed by atoms with van der Waals surface area (Å²) in [6.07, 6.45) is 0. The molecule has 0 aliphatic heterocycles. The Morgan fingerprint density at radius 1 is 1.06 bits per heavy atom. The third-order valence-corrected chi connectivity index (χ3v) is 2.56. The molecular weight excluding hydrogens is 216 g/mol. The number of anilines is 1. The highest BCUT2D eigenvalue weighted by Gasteiger charge is 2.22. The lowest BCUT2D eigenvalue weighted by Crippen LogP contribution is -2.34. The summed E-state index contributed by atoms with van der Waals surface area (Å²) in [5.74, 6) is 1.82. The van der Waals surface area contributed by atoms with E-state index in [4.69, 9.17) is 10.2 Å². The van der Waals surface area contributed by atoms with Gasteiger partial charge in [0.1, 0.15) is 0 Å². The van der Waals surface area contributed by atoms with E-state index in [1.165, 1.54) is 0 Å². The molecule has 2 N–H and O–H groups in total. The van der Waals surface area contributed by atoms with E-state index in [-0.39, 0.29) is 12.1 Å². The van der Waals surface area contributed by atoms with Crippen molar-refractivity contribution in [3.8, 4) is 0 Å². The monoisotopic (exact) mass is 240 g/mol. The van der Waals surface area contributed by atoms with Crippen LogP contribution in [0.3, 0.4) is 0 Å². The average Bonchev–Trinajstić information content (AvgIpc) is 2.61. The molecule has 0 fully saturated rings. The Bertz CT molecular complexity index is 325. The van der Waals surface area contributed by atoms with E-state index < -0.39 is 0 Å². The number of hydrogen-bond acceptors (Lipinski definition) is 5. The van der Waals surface area contributed by atoms with Gasteiger partial charge in [-0.05, 0) is 18.8 Å². The minimum Gasteiger partial charge on any atom is -0.407 e. The minimum atomic E-state index is 0.115. The molecule has 1 atom stereocenters. The zero-order chi connectivity index (χ0) is 13.0. The fourth-order valence-corrected chi connectivity index (χ4v) is 1.90. The summed E-state index contributed by atoms with van der Waals surface area (Å²) in [7, 11) is 0. The fraction of sp³-hybridized carbons (Fsp3) is 0.833. The Kier molecular flexibility index (Phi) is 4.93. The molecule has 0 aliphatic rings. The van der Waals surface area contributed by atoms with Gasteiger partial charge < -0.3 is 10.2 Å². The molecule has 0 saturated heterocycles. The molecule has 5 heteroatoms. The second-order valence-corrected chi connectivity index (χ2v) is 5.40. The molecule has 0 bridgehead atoms. The van der Waals surface area contributed by atoms with Gasteiger partial charge in [-0.25, -0.2) is 0 Å². The SMILES string of the molecule is CC(C)CN(CC(C)C)C(C)c1nnc(N)o1. The highest BCUT2D eigenvalue weighted by Crippen LogP contribution is 2.21. The second-order valence-electron chi connectivity index (χ2n) is 5.40. The number of aromatic nitrogens is 2. The molecule has 0 aromatic carbocycles. The van der Waals surface area contributed by atoms with Crippen LogP contribution >= 0.6 is 0 Å². The maximum absolute atomic E-state index is 5.46. The Morgan fingerprint density at radius 2 is 1.59 bits per heavy atom. The van der Waals surface area contributed by atoms with Crippen molar-refractivity contribution < 1.29 is 4.42 Å². The molecule has 0 aliphatic carbocycles. The minimum absolute atomic E-state index is 0.115. The maximum Gasteiger partial charge on any atom is 0.312 e. The fourth-order valence-electron chi connectivity index (χ4n) is 1.90. The Balaban J connectivity index is 2.74. The molecule has 0 saturated carbocycles. The van der Waals surface area contributed by atoms with Crippen molar-refractivity contribution in [1.29, 1.82) is 0 Å². The third kappa shape index (κ3) is 4.34. The summed E-state index contributed by atoms with van der Waals surface area (Å²) in [5.41, 5.74) is 5.46. The summed E-state index contributed by atoms with van der Waals surface area (Å²) in [4.78, 5) is 2.36. The molecule has 1 heterocycles. The van der Waals surface area contributed by atoms with Gasteiger partial charge in [0.2, 0.25) is 5.89 Å². The summed E-state index contributed by atoms with van der Waals surface area (Å²) < 4.78 is 5.30. The van der Waals surface area contributed by atoms with Crippen LogP contribution in [0.5, 0.6) is 0 Å². The number of nitrogens with zero attached hydrogens (tertiary/aromatic N) is 3. The summed E-state index contributed by atoms with van der Waals surface area (Å²) in [5, 5.41) is 7.68. The quantitative estimate of drug-likeness (QED) is 0.826. The van der Waals surface area contributed by atoms with Gasteiger partial charge in [0.15, 0.2) is 0 Å². The van der Waals surface area contributed by atoms with Crippen molar-refractivity contribution in [3.63, 3.8) is 0 Å². The Hall–Kier alpha value is -1.10. The highest BCUT2D eigenvalue weighted by atomic mass is 16.4. The van der Waals surface area contributed by atoms with Gasteiger partial charge in [0, 0.05) is 13.1 Å². The lowest BCUT2D eigenvalue weighted by molar-refractivity contribution is 0.147. The molecular formula is C12H24N4O. The van der Waals surface area contributed by atoms with Gasteiger partial charge in [-0.1, -0.05) is 32.8 Å². The predicted molar refractivity (Wildman–Crippen MR) is 68.4 cm³/mol. The number of nitrogen functional groups attached to an aromatic ring is 1. The molecule has 1 aromatic rings. The van der Waals surface area contributed by atoms with Crippen molar-refractivity contribution in [2.45, 2.75) is 40.7 Å². The first-order valence-corrected chi connectivity index (χ1v) is 6.23. The Labute approximate surface area is 103 Å². The van der Waals surface area contributed by atoms with Gasteiger partial charge in [-0.2, -0.15) is 0 Å². The van der Waals surface area contributed by atoms with E-state index in [0.29, 0.717) is 17.7 Å². The molecule has 98 valence electrons. The molecule has 0 amide bonds. The largest absolute Gasteiger partial charge is 0.407 e. The van der Waals surface area contributed by atoms with E-state index in [1.54, 1.807) is 0 Å². The second kappa shape index (κ2) is 6.00. The summed E-state index contributed by atoms with van der Waals surface area (Å²) >= 11 is 0. The van der Waals surface area contributed by atoms with E-state index in [2.05, 4.69) is 49.7 Å². The van der Waals surface area contributed by atoms with Gasteiger partial charge in [0.25, 0.3) is 0 Å². The topological polar surface area (TPSA) is 68.2 Å². The normalized spacial score (nSPS) is 13.9. The summed E-state index contributed by atoms with van der Waals surface area (Å²) in [6.45, 7) is 13.0. The van der Waals surface area contributed by atoms with Gasteiger partial charge in [-0.15, -0.1) is 5.10 Å². The van der Waals surface area contributed by atoms with Crippen LogP contribution in [0.1, 0.15) is 46.6 Å². The van der Waals surface area contributed by atoms with Crippen molar-refractivity contribution >= 4 is 6.01 Å². The standard InChI is InChI=1S/C12H24N4O/c1-8(2)6-16(7-9(3)4)10(5)11-14-15-12(13)17-11/h8-10H,6-7H2,1-5H3,(H2,13,15). The van der Waals surface area contributed by atoms with Crippen LogP contribution in [0, 0.1) is 11.8 Å². The molecule has 5 nitrogen and oxygen atoms in total. The van der Waals surface area contributed by atoms with Crippen LogP contribution in [-0.2, 0) is 0 Å². The van der Waals surface area contributed by atoms with Gasteiger partial charge in [0.05, 0.1) is 6.04 Å².